The van der Waals surface area contributed by atoms with Crippen molar-refractivity contribution in [1.82, 2.24) is 9.88 Å². The molecule has 0 aliphatic carbocycles. The Labute approximate surface area is 163 Å². The second-order valence-electron chi connectivity index (χ2n) is 7.79. The number of furan rings is 1. The lowest BCUT2D eigenvalue weighted by Crippen LogP contribution is -2.43. The van der Waals surface area contributed by atoms with Gasteiger partial charge in [-0.2, -0.15) is 0 Å². The van der Waals surface area contributed by atoms with Gasteiger partial charge in [-0.15, -0.1) is 0 Å². The van der Waals surface area contributed by atoms with E-state index in [1.807, 2.05) is 0 Å². The number of nitrogens with zero attached hydrogens (tertiary/aromatic N) is 2. The van der Waals surface area contributed by atoms with Gasteiger partial charge in [0.2, 0.25) is 0 Å². The van der Waals surface area contributed by atoms with Crippen molar-refractivity contribution >= 4 is 12.1 Å². The van der Waals surface area contributed by atoms with Gasteiger partial charge in [0.15, 0.2) is 0 Å². The van der Waals surface area contributed by atoms with E-state index in [1.54, 1.807) is 57.7 Å². The highest BCUT2D eigenvalue weighted by atomic mass is 16.6. The van der Waals surface area contributed by atoms with E-state index in [4.69, 9.17) is 13.9 Å². The SMILES string of the molecule is CC(C)(C)OC(=O)N1CC(COc2ccnc(-c3ccoc3)c2)C[C@H]1C(=O)O. The maximum Gasteiger partial charge on any atom is 0.411 e. The van der Waals surface area contributed by atoms with Crippen LogP contribution >= 0.6 is 0 Å². The number of ether oxygens (including phenoxy) is 2. The first kappa shape index (κ1) is 19.7. The fraction of sp³-hybridized carbons (Fsp3) is 0.450. The molecule has 2 atom stereocenters. The van der Waals surface area contributed by atoms with Gasteiger partial charge in [0, 0.05) is 30.3 Å². The molecule has 8 heteroatoms. The van der Waals surface area contributed by atoms with Crippen LogP contribution in [0.25, 0.3) is 11.3 Å². The third kappa shape index (κ3) is 4.82. The Balaban J connectivity index is 1.63. The number of carbonyl (C=O) groups is 2. The summed E-state index contributed by atoms with van der Waals surface area (Å²) in [6.07, 6.45) is 4.50. The van der Waals surface area contributed by atoms with Gasteiger partial charge < -0.3 is 19.0 Å². The Kier molecular flexibility index (Phi) is 5.58. The van der Waals surface area contributed by atoms with Crippen molar-refractivity contribution in [3.05, 3.63) is 36.9 Å². The van der Waals surface area contributed by atoms with Gasteiger partial charge in [-0.1, -0.05) is 0 Å². The minimum Gasteiger partial charge on any atom is -0.493 e. The lowest BCUT2D eigenvalue weighted by Gasteiger charge is -2.26. The van der Waals surface area contributed by atoms with E-state index < -0.39 is 23.7 Å². The first-order valence-corrected chi connectivity index (χ1v) is 9.07. The summed E-state index contributed by atoms with van der Waals surface area (Å²) >= 11 is 0. The topological polar surface area (TPSA) is 102 Å². The largest absolute Gasteiger partial charge is 0.493 e. The Morgan fingerprint density at radius 1 is 1.36 bits per heavy atom. The van der Waals surface area contributed by atoms with Crippen LogP contribution in [0.2, 0.25) is 0 Å². The van der Waals surface area contributed by atoms with Crippen LogP contribution in [-0.2, 0) is 9.53 Å². The number of carbonyl (C=O) groups excluding carboxylic acids is 1. The van der Waals surface area contributed by atoms with Crippen molar-refractivity contribution in [2.75, 3.05) is 13.2 Å². The van der Waals surface area contributed by atoms with Crippen molar-refractivity contribution in [3.63, 3.8) is 0 Å². The Bertz CT molecular complexity index is 827. The van der Waals surface area contributed by atoms with Gasteiger partial charge >= 0.3 is 12.1 Å². The number of carboxylic acids is 1. The van der Waals surface area contributed by atoms with Crippen molar-refractivity contribution in [3.8, 4) is 17.0 Å². The van der Waals surface area contributed by atoms with Crippen LogP contribution in [0, 0.1) is 5.92 Å². The van der Waals surface area contributed by atoms with Crippen molar-refractivity contribution in [2.24, 2.45) is 5.92 Å². The number of hydrogen-bond donors (Lipinski definition) is 1. The Morgan fingerprint density at radius 2 is 2.14 bits per heavy atom. The molecule has 1 aliphatic heterocycles. The molecule has 2 aromatic heterocycles. The van der Waals surface area contributed by atoms with E-state index in [9.17, 15) is 14.7 Å². The van der Waals surface area contributed by atoms with E-state index in [-0.39, 0.29) is 19.1 Å². The number of hydrogen-bond acceptors (Lipinski definition) is 6. The molecule has 1 unspecified atom stereocenters. The second-order valence-corrected chi connectivity index (χ2v) is 7.79. The van der Waals surface area contributed by atoms with Crippen LogP contribution in [0.1, 0.15) is 27.2 Å². The molecule has 0 aromatic carbocycles. The molecule has 0 bridgehead atoms. The summed E-state index contributed by atoms with van der Waals surface area (Å²) in [4.78, 5) is 29.5. The molecule has 0 radical (unpaired) electrons. The number of aliphatic carboxylic acids is 1. The monoisotopic (exact) mass is 388 g/mol. The summed E-state index contributed by atoms with van der Waals surface area (Å²) in [5, 5.41) is 9.47. The van der Waals surface area contributed by atoms with Crippen LogP contribution < -0.4 is 4.74 Å². The highest BCUT2D eigenvalue weighted by Crippen LogP contribution is 2.27. The molecule has 1 aliphatic rings. The van der Waals surface area contributed by atoms with E-state index >= 15 is 0 Å². The quantitative estimate of drug-likeness (QED) is 0.837. The van der Waals surface area contributed by atoms with Crippen LogP contribution in [0.5, 0.6) is 5.75 Å². The maximum atomic E-state index is 12.4. The van der Waals surface area contributed by atoms with E-state index in [0.717, 1.165) is 11.3 Å². The van der Waals surface area contributed by atoms with Gasteiger partial charge in [0.1, 0.15) is 17.4 Å². The lowest BCUT2D eigenvalue weighted by atomic mass is 10.1. The number of rotatable bonds is 5. The fourth-order valence-corrected chi connectivity index (χ4v) is 3.08. The zero-order chi connectivity index (χ0) is 20.3. The lowest BCUT2D eigenvalue weighted by molar-refractivity contribution is -0.142. The summed E-state index contributed by atoms with van der Waals surface area (Å²) < 4.78 is 16.2. The first-order valence-electron chi connectivity index (χ1n) is 9.07. The summed E-state index contributed by atoms with van der Waals surface area (Å²) in [5.41, 5.74) is 0.875. The van der Waals surface area contributed by atoms with Crippen molar-refractivity contribution < 1.29 is 28.6 Å². The Hall–Kier alpha value is -3.03. The minimum absolute atomic E-state index is 0.112. The highest BCUT2D eigenvalue weighted by molar-refractivity contribution is 5.81. The second kappa shape index (κ2) is 7.92. The van der Waals surface area contributed by atoms with Gasteiger partial charge in [-0.05, 0) is 39.3 Å². The van der Waals surface area contributed by atoms with E-state index in [0.29, 0.717) is 12.2 Å². The average Bonchev–Trinajstić information content (AvgIpc) is 3.29. The molecule has 2 aromatic rings. The van der Waals surface area contributed by atoms with Gasteiger partial charge in [-0.25, -0.2) is 9.59 Å². The van der Waals surface area contributed by atoms with Gasteiger partial charge in [-0.3, -0.25) is 9.88 Å². The summed E-state index contributed by atoms with van der Waals surface area (Å²) in [6, 6.07) is 4.42. The molecule has 8 nitrogen and oxygen atoms in total. The standard InChI is InChI=1S/C20H24N2O6/c1-20(2,3)28-19(25)22-10-13(8-17(22)18(23)24)11-27-15-4-6-21-16(9-15)14-5-7-26-12-14/h4-7,9,12-13,17H,8,10-11H2,1-3H3,(H,23,24)/t13?,17-/m0/s1. The summed E-state index contributed by atoms with van der Waals surface area (Å²) in [5.74, 6) is -0.535. The predicted molar refractivity (Wildman–Crippen MR) is 99.9 cm³/mol. The minimum atomic E-state index is -1.04. The molecule has 0 saturated carbocycles. The molecule has 1 N–H and O–H groups in total. The van der Waals surface area contributed by atoms with Crippen LogP contribution in [0.4, 0.5) is 4.79 Å². The smallest absolute Gasteiger partial charge is 0.411 e. The Morgan fingerprint density at radius 3 is 2.79 bits per heavy atom. The van der Waals surface area contributed by atoms with Crippen LogP contribution in [0.15, 0.2) is 41.3 Å². The number of likely N-dealkylation sites (tertiary alicyclic amines) is 1. The van der Waals surface area contributed by atoms with Crippen LogP contribution in [0.3, 0.4) is 0 Å². The molecule has 0 spiro atoms. The average molecular weight is 388 g/mol. The molecule has 1 saturated heterocycles. The van der Waals surface area contributed by atoms with Gasteiger partial charge in [0.25, 0.3) is 0 Å². The number of aromatic nitrogens is 1. The normalized spacial score (nSPS) is 19.5. The maximum absolute atomic E-state index is 12.4. The van der Waals surface area contributed by atoms with E-state index in [1.165, 1.54) is 4.90 Å². The molecular formula is C20H24N2O6. The van der Waals surface area contributed by atoms with Crippen molar-refractivity contribution in [2.45, 2.75) is 38.8 Å². The van der Waals surface area contributed by atoms with Crippen LogP contribution in [-0.4, -0.2) is 51.8 Å². The van der Waals surface area contributed by atoms with Crippen molar-refractivity contribution in [1.29, 1.82) is 0 Å². The molecule has 3 heterocycles. The molecule has 150 valence electrons. The number of pyridine rings is 1. The zero-order valence-corrected chi connectivity index (χ0v) is 16.1. The summed E-state index contributed by atoms with van der Waals surface area (Å²) in [6.45, 7) is 5.80. The fourth-order valence-electron chi connectivity index (χ4n) is 3.08. The zero-order valence-electron chi connectivity index (χ0n) is 16.1. The molecule has 1 fully saturated rings. The molecule has 1 amide bonds. The third-order valence-corrected chi connectivity index (χ3v) is 4.33. The molecular weight excluding hydrogens is 364 g/mol. The predicted octanol–water partition coefficient (Wildman–Crippen LogP) is 3.43. The number of amides is 1. The molecule has 3 rings (SSSR count). The summed E-state index contributed by atoms with van der Waals surface area (Å²) in [7, 11) is 0. The highest BCUT2D eigenvalue weighted by Gasteiger charge is 2.41. The van der Waals surface area contributed by atoms with E-state index in [2.05, 4.69) is 4.98 Å². The molecule has 28 heavy (non-hydrogen) atoms. The first-order chi connectivity index (χ1) is 13.2. The number of carboxylic acid groups (broad SMARTS) is 1. The third-order valence-electron chi connectivity index (χ3n) is 4.33. The van der Waals surface area contributed by atoms with Gasteiger partial charge in [0.05, 0.1) is 24.8 Å².